The van der Waals surface area contributed by atoms with Gasteiger partial charge in [-0.3, -0.25) is 0 Å². The zero-order valence-electron chi connectivity index (χ0n) is 8.44. The highest BCUT2D eigenvalue weighted by Gasteiger charge is 2.17. The van der Waals surface area contributed by atoms with Crippen molar-refractivity contribution in [2.45, 2.75) is 12.2 Å². The molecule has 0 spiro atoms. The second-order valence-corrected chi connectivity index (χ2v) is 4.21. The van der Waals surface area contributed by atoms with Gasteiger partial charge in [0.25, 0.3) is 0 Å². The van der Waals surface area contributed by atoms with Crippen LogP contribution >= 0.6 is 15.9 Å². The van der Waals surface area contributed by atoms with Crippen molar-refractivity contribution in [1.29, 1.82) is 0 Å². The van der Waals surface area contributed by atoms with Crippen molar-refractivity contribution in [3.63, 3.8) is 0 Å². The van der Waals surface area contributed by atoms with Crippen LogP contribution in [0.2, 0.25) is 0 Å². The van der Waals surface area contributed by atoms with Crippen LogP contribution in [0.25, 0.3) is 0 Å². The van der Waals surface area contributed by atoms with Gasteiger partial charge in [0.2, 0.25) is 0 Å². The third-order valence-corrected chi connectivity index (χ3v) is 2.83. The summed E-state index contributed by atoms with van der Waals surface area (Å²) in [5.74, 6) is 0. The maximum Gasteiger partial charge on any atom is 0.106 e. The van der Waals surface area contributed by atoms with Crippen molar-refractivity contribution in [2.24, 2.45) is 0 Å². The normalized spacial score (nSPS) is 14.9. The van der Waals surface area contributed by atoms with Crippen LogP contribution in [0.1, 0.15) is 11.7 Å². The fourth-order valence-electron chi connectivity index (χ4n) is 1.27. The summed E-state index contributed by atoms with van der Waals surface area (Å²) >= 11 is 3.27. The lowest BCUT2D eigenvalue weighted by molar-refractivity contribution is 0.0202. The highest BCUT2D eigenvalue weighted by molar-refractivity contribution is 9.10. The molecule has 5 heteroatoms. The Morgan fingerprint density at radius 2 is 2.13 bits per heavy atom. The molecular formula is C10H15BrN2O2. The predicted octanol–water partition coefficient (Wildman–Crippen LogP) is 0.645. The Kier molecular flexibility index (Phi) is 4.53. The van der Waals surface area contributed by atoms with Crippen molar-refractivity contribution in [3.05, 3.63) is 28.2 Å². The van der Waals surface area contributed by atoms with Crippen LogP contribution in [-0.4, -0.2) is 29.9 Å². The molecule has 0 bridgehead atoms. The van der Waals surface area contributed by atoms with Crippen molar-refractivity contribution in [1.82, 2.24) is 5.32 Å². The fraction of sp³-hybridized carbons (Fsp3) is 0.400. The molecule has 0 aliphatic heterocycles. The van der Waals surface area contributed by atoms with Gasteiger partial charge >= 0.3 is 0 Å². The molecule has 0 aliphatic carbocycles. The van der Waals surface area contributed by atoms with E-state index < -0.39 is 12.2 Å². The van der Waals surface area contributed by atoms with Gasteiger partial charge in [0.15, 0.2) is 0 Å². The molecule has 0 saturated carbocycles. The molecule has 0 radical (unpaired) electrons. The summed E-state index contributed by atoms with van der Waals surface area (Å²) < 4.78 is 0.718. The molecule has 0 aliphatic rings. The average Bonchev–Trinajstić information content (AvgIpc) is 2.21. The van der Waals surface area contributed by atoms with E-state index in [2.05, 4.69) is 21.2 Å². The molecule has 5 N–H and O–H groups in total. The molecule has 0 saturated heterocycles. The molecule has 0 heterocycles. The van der Waals surface area contributed by atoms with E-state index in [-0.39, 0.29) is 0 Å². The molecule has 4 nitrogen and oxygen atoms in total. The van der Waals surface area contributed by atoms with Crippen molar-refractivity contribution >= 4 is 21.6 Å². The summed E-state index contributed by atoms with van der Waals surface area (Å²) in [5.41, 5.74) is 6.86. The molecule has 1 aromatic rings. The first-order valence-corrected chi connectivity index (χ1v) is 5.41. The summed E-state index contributed by atoms with van der Waals surface area (Å²) in [6.45, 7) is 0.336. The van der Waals surface area contributed by atoms with Crippen LogP contribution in [-0.2, 0) is 0 Å². The Labute approximate surface area is 97.2 Å². The van der Waals surface area contributed by atoms with Gasteiger partial charge in [0, 0.05) is 16.7 Å². The number of halogens is 1. The van der Waals surface area contributed by atoms with Crippen molar-refractivity contribution in [3.8, 4) is 0 Å². The van der Waals surface area contributed by atoms with Crippen LogP contribution in [0.15, 0.2) is 22.7 Å². The Hall–Kier alpha value is -0.620. The number of hydrogen-bond donors (Lipinski definition) is 4. The second-order valence-electron chi connectivity index (χ2n) is 3.35. The number of benzene rings is 1. The van der Waals surface area contributed by atoms with E-state index in [4.69, 9.17) is 5.73 Å². The minimum atomic E-state index is -0.908. The molecular weight excluding hydrogens is 260 g/mol. The number of likely N-dealkylation sites (N-methyl/N-ethyl adjacent to an activating group) is 1. The van der Waals surface area contributed by atoms with Crippen molar-refractivity contribution < 1.29 is 10.2 Å². The maximum atomic E-state index is 9.78. The minimum Gasteiger partial charge on any atom is -0.398 e. The van der Waals surface area contributed by atoms with E-state index in [0.717, 1.165) is 4.47 Å². The van der Waals surface area contributed by atoms with E-state index in [1.807, 2.05) is 0 Å². The summed E-state index contributed by atoms with van der Waals surface area (Å²) in [7, 11) is 1.72. The SMILES string of the molecule is CNCC(O)C(O)c1ccc(N)c(Br)c1. The highest BCUT2D eigenvalue weighted by Crippen LogP contribution is 2.25. The predicted molar refractivity (Wildman–Crippen MR) is 63.4 cm³/mol. The summed E-state index contributed by atoms with van der Waals surface area (Å²) in [6.07, 6.45) is -1.74. The van der Waals surface area contributed by atoms with Gasteiger partial charge in [0.1, 0.15) is 6.10 Å². The van der Waals surface area contributed by atoms with E-state index in [0.29, 0.717) is 17.8 Å². The Balaban J connectivity index is 2.81. The molecule has 84 valence electrons. The van der Waals surface area contributed by atoms with Gasteiger partial charge in [-0.1, -0.05) is 6.07 Å². The first-order valence-electron chi connectivity index (χ1n) is 4.62. The van der Waals surface area contributed by atoms with E-state index in [1.54, 1.807) is 25.2 Å². The topological polar surface area (TPSA) is 78.5 Å². The lowest BCUT2D eigenvalue weighted by Gasteiger charge is -2.18. The number of aliphatic hydroxyl groups is 2. The van der Waals surface area contributed by atoms with E-state index >= 15 is 0 Å². The zero-order valence-corrected chi connectivity index (χ0v) is 10.0. The molecule has 1 rings (SSSR count). The minimum absolute atomic E-state index is 0.336. The first-order chi connectivity index (χ1) is 7.06. The van der Waals surface area contributed by atoms with Crippen LogP contribution < -0.4 is 11.1 Å². The smallest absolute Gasteiger partial charge is 0.106 e. The highest BCUT2D eigenvalue weighted by atomic mass is 79.9. The van der Waals surface area contributed by atoms with Gasteiger partial charge in [-0.15, -0.1) is 0 Å². The van der Waals surface area contributed by atoms with Crippen LogP contribution in [0.3, 0.4) is 0 Å². The number of hydrogen-bond acceptors (Lipinski definition) is 4. The number of nitrogens with one attached hydrogen (secondary N) is 1. The largest absolute Gasteiger partial charge is 0.398 e. The van der Waals surface area contributed by atoms with Crippen LogP contribution in [0.4, 0.5) is 5.69 Å². The maximum absolute atomic E-state index is 9.78. The molecule has 0 amide bonds. The van der Waals surface area contributed by atoms with Crippen molar-refractivity contribution in [2.75, 3.05) is 19.3 Å². The number of anilines is 1. The third kappa shape index (κ3) is 3.17. The molecule has 0 fully saturated rings. The molecule has 0 aromatic heterocycles. The first kappa shape index (κ1) is 12.4. The Bertz CT molecular complexity index is 333. The van der Waals surface area contributed by atoms with E-state index in [1.165, 1.54) is 0 Å². The quantitative estimate of drug-likeness (QED) is 0.608. The number of aliphatic hydroxyl groups excluding tert-OH is 2. The summed E-state index contributed by atoms with van der Waals surface area (Å²) in [5, 5.41) is 22.2. The average molecular weight is 275 g/mol. The Morgan fingerprint density at radius 3 is 2.67 bits per heavy atom. The molecule has 15 heavy (non-hydrogen) atoms. The van der Waals surface area contributed by atoms with E-state index in [9.17, 15) is 10.2 Å². The van der Waals surface area contributed by atoms with Gasteiger partial charge in [-0.05, 0) is 40.7 Å². The fourth-order valence-corrected chi connectivity index (χ4v) is 1.67. The van der Waals surface area contributed by atoms with Gasteiger partial charge in [-0.2, -0.15) is 0 Å². The monoisotopic (exact) mass is 274 g/mol. The van der Waals surface area contributed by atoms with Crippen LogP contribution in [0.5, 0.6) is 0 Å². The molecule has 2 unspecified atom stereocenters. The van der Waals surface area contributed by atoms with Gasteiger partial charge in [0.05, 0.1) is 6.10 Å². The molecule has 1 aromatic carbocycles. The number of nitrogens with two attached hydrogens (primary N) is 1. The van der Waals surface area contributed by atoms with Crippen LogP contribution in [0, 0.1) is 0 Å². The lowest BCUT2D eigenvalue weighted by Crippen LogP contribution is -2.29. The van der Waals surface area contributed by atoms with Gasteiger partial charge in [-0.25, -0.2) is 0 Å². The summed E-state index contributed by atoms with van der Waals surface area (Å²) in [4.78, 5) is 0. The summed E-state index contributed by atoms with van der Waals surface area (Å²) in [6, 6.07) is 5.09. The zero-order chi connectivity index (χ0) is 11.4. The Morgan fingerprint density at radius 1 is 1.47 bits per heavy atom. The standard InChI is InChI=1S/C10H15BrN2O2/c1-13-5-9(14)10(15)6-2-3-8(12)7(11)4-6/h2-4,9-10,13-15H,5,12H2,1H3. The second kappa shape index (κ2) is 5.46. The molecule has 2 atom stereocenters. The lowest BCUT2D eigenvalue weighted by atomic mass is 10.0. The number of rotatable bonds is 4. The van der Waals surface area contributed by atoms with Gasteiger partial charge < -0.3 is 21.3 Å². The number of nitrogen functional groups attached to an aromatic ring is 1. The third-order valence-electron chi connectivity index (χ3n) is 2.14.